The van der Waals surface area contributed by atoms with Gasteiger partial charge in [-0.1, -0.05) is 0 Å². The van der Waals surface area contributed by atoms with Crippen molar-refractivity contribution in [1.82, 2.24) is 4.90 Å². The van der Waals surface area contributed by atoms with Crippen molar-refractivity contribution in [3.05, 3.63) is 10.1 Å². The van der Waals surface area contributed by atoms with Crippen LogP contribution in [0.25, 0.3) is 0 Å². The zero-order valence-corrected chi connectivity index (χ0v) is 12.7. The highest BCUT2D eigenvalue weighted by atomic mass is 79.9. The van der Waals surface area contributed by atoms with Gasteiger partial charge in [-0.25, -0.2) is 0 Å². The van der Waals surface area contributed by atoms with Crippen LogP contribution in [0.4, 0.5) is 0 Å². The molecule has 1 atom stereocenters. The van der Waals surface area contributed by atoms with Gasteiger partial charge in [-0.05, 0) is 13.3 Å². The smallest absolute Gasteiger partial charge is 0.381 e. The molecule has 1 unspecified atom stereocenters. The lowest BCUT2D eigenvalue weighted by molar-refractivity contribution is -0.487. The Morgan fingerprint density at radius 1 is 1.71 bits per heavy atom. The monoisotopic (exact) mass is 371 g/mol. The highest BCUT2D eigenvalue weighted by Gasteiger charge is 2.45. The SMILES string of the molecule is CCN(CC1CCOC1)C(=N)C(Br)(Br)[N+](=O)[O-]. The van der Waals surface area contributed by atoms with Crippen molar-refractivity contribution >= 4 is 37.7 Å². The van der Waals surface area contributed by atoms with Crippen molar-refractivity contribution in [1.29, 1.82) is 5.41 Å². The van der Waals surface area contributed by atoms with E-state index in [1.165, 1.54) is 0 Å². The number of rotatable bonds is 5. The van der Waals surface area contributed by atoms with Crippen LogP contribution >= 0.6 is 31.9 Å². The van der Waals surface area contributed by atoms with Gasteiger partial charge in [0.15, 0.2) is 5.84 Å². The molecule has 0 aromatic rings. The van der Waals surface area contributed by atoms with Crippen molar-refractivity contribution in [2.45, 2.75) is 16.7 Å². The minimum atomic E-state index is -1.70. The summed E-state index contributed by atoms with van der Waals surface area (Å²) in [6, 6.07) is 0. The number of nitro groups is 1. The lowest BCUT2D eigenvalue weighted by Gasteiger charge is -2.28. The Morgan fingerprint density at radius 3 is 2.76 bits per heavy atom. The minimum Gasteiger partial charge on any atom is -0.381 e. The first-order chi connectivity index (χ1) is 7.89. The predicted molar refractivity (Wildman–Crippen MR) is 71.5 cm³/mol. The standard InChI is InChI=1S/C9H15Br2N3O3/c1-2-13(5-7-3-4-17-6-7)8(12)9(10,11)14(15)16/h7,12H,2-6H2,1H3. The lowest BCUT2D eigenvalue weighted by Crippen LogP contribution is -2.47. The Balaban J connectivity index is 2.66. The van der Waals surface area contributed by atoms with E-state index in [1.54, 1.807) is 4.90 Å². The van der Waals surface area contributed by atoms with Crippen molar-refractivity contribution < 1.29 is 9.66 Å². The fourth-order valence-corrected chi connectivity index (χ4v) is 2.20. The summed E-state index contributed by atoms with van der Waals surface area (Å²) in [7, 11) is 0. The number of alkyl halides is 2. The van der Waals surface area contributed by atoms with E-state index in [4.69, 9.17) is 10.1 Å². The van der Waals surface area contributed by atoms with Gasteiger partial charge in [0.05, 0.1) is 11.5 Å². The predicted octanol–water partition coefficient (Wildman–Crippen LogP) is 2.04. The molecule has 1 aliphatic rings. The molecule has 98 valence electrons. The van der Waals surface area contributed by atoms with Crippen molar-refractivity contribution in [2.75, 3.05) is 26.3 Å². The molecule has 6 nitrogen and oxygen atoms in total. The fraction of sp³-hybridized carbons (Fsp3) is 0.889. The summed E-state index contributed by atoms with van der Waals surface area (Å²) < 4.78 is 3.56. The second-order valence-corrected chi connectivity index (χ2v) is 7.27. The maximum Gasteiger partial charge on any atom is 0.382 e. The van der Waals surface area contributed by atoms with Crippen molar-refractivity contribution in [2.24, 2.45) is 5.92 Å². The van der Waals surface area contributed by atoms with Gasteiger partial charge in [0, 0.05) is 57.5 Å². The molecular weight excluding hydrogens is 358 g/mol. The first kappa shape index (κ1) is 14.8. The molecule has 0 aromatic heterocycles. The van der Waals surface area contributed by atoms with E-state index < -0.39 is 8.28 Å². The van der Waals surface area contributed by atoms with Crippen molar-refractivity contribution in [3.8, 4) is 0 Å². The molecule has 0 aromatic carbocycles. The van der Waals surface area contributed by atoms with Gasteiger partial charge in [-0.15, -0.1) is 0 Å². The summed E-state index contributed by atoms with van der Waals surface area (Å²) >= 11 is 5.85. The summed E-state index contributed by atoms with van der Waals surface area (Å²) in [5.41, 5.74) is 0. The summed E-state index contributed by atoms with van der Waals surface area (Å²) in [5, 5.41) is 18.7. The van der Waals surface area contributed by atoms with Gasteiger partial charge < -0.3 is 9.64 Å². The molecule has 0 bridgehead atoms. The molecule has 1 rings (SSSR count). The number of nitrogens with one attached hydrogen (secondary N) is 1. The maximum absolute atomic E-state index is 10.8. The van der Waals surface area contributed by atoms with Crippen LogP contribution in [0, 0.1) is 21.4 Å². The Kier molecular flexibility index (Phi) is 5.33. The minimum absolute atomic E-state index is 0.0862. The third-order valence-corrected chi connectivity index (χ3v) is 4.04. The average Bonchev–Trinajstić information content (AvgIpc) is 2.77. The van der Waals surface area contributed by atoms with Crippen LogP contribution in [0.15, 0.2) is 0 Å². The van der Waals surface area contributed by atoms with Gasteiger partial charge in [0.25, 0.3) is 0 Å². The molecule has 0 radical (unpaired) electrons. The van der Waals surface area contributed by atoms with E-state index >= 15 is 0 Å². The molecule has 8 heteroatoms. The van der Waals surface area contributed by atoms with Gasteiger partial charge in [0.1, 0.15) is 0 Å². The van der Waals surface area contributed by atoms with E-state index in [0.717, 1.165) is 13.0 Å². The first-order valence-electron chi connectivity index (χ1n) is 5.33. The highest BCUT2D eigenvalue weighted by molar-refractivity contribution is 9.25. The Bertz CT molecular complexity index is 306. The lowest BCUT2D eigenvalue weighted by atomic mass is 10.1. The van der Waals surface area contributed by atoms with Crippen LogP contribution in [0.5, 0.6) is 0 Å². The molecule has 1 heterocycles. The normalized spacial score (nSPS) is 20.3. The maximum atomic E-state index is 10.8. The second kappa shape index (κ2) is 6.10. The van der Waals surface area contributed by atoms with Crippen LogP contribution < -0.4 is 0 Å². The first-order valence-corrected chi connectivity index (χ1v) is 6.92. The van der Waals surface area contributed by atoms with Crippen LogP contribution in [-0.4, -0.2) is 45.3 Å². The molecule has 17 heavy (non-hydrogen) atoms. The molecule has 1 aliphatic heterocycles. The quantitative estimate of drug-likeness (QED) is 0.200. The van der Waals surface area contributed by atoms with Crippen molar-refractivity contribution in [3.63, 3.8) is 0 Å². The summed E-state index contributed by atoms with van der Waals surface area (Å²) in [6.45, 7) is 4.45. The third kappa shape index (κ3) is 3.62. The van der Waals surface area contributed by atoms with Crippen LogP contribution in [-0.2, 0) is 4.74 Å². The molecule has 1 N–H and O–H groups in total. The Hall–Kier alpha value is -0.210. The fourth-order valence-electron chi connectivity index (χ4n) is 1.69. The highest BCUT2D eigenvalue weighted by Crippen LogP contribution is 2.30. The molecule has 1 saturated heterocycles. The number of amidine groups is 1. The zero-order chi connectivity index (χ0) is 13.1. The molecule has 1 fully saturated rings. The summed E-state index contributed by atoms with van der Waals surface area (Å²) in [5.74, 6) is 0.259. The second-order valence-electron chi connectivity index (χ2n) is 3.92. The van der Waals surface area contributed by atoms with Crippen LogP contribution in [0.1, 0.15) is 13.3 Å². The van der Waals surface area contributed by atoms with Gasteiger partial charge in [-0.2, -0.15) is 0 Å². The molecule has 0 spiro atoms. The average molecular weight is 373 g/mol. The molecule has 0 saturated carbocycles. The molecule has 0 amide bonds. The van der Waals surface area contributed by atoms with E-state index in [1.807, 2.05) is 6.92 Å². The zero-order valence-electron chi connectivity index (χ0n) is 9.49. The largest absolute Gasteiger partial charge is 0.382 e. The third-order valence-electron chi connectivity index (χ3n) is 2.71. The van der Waals surface area contributed by atoms with E-state index in [9.17, 15) is 10.1 Å². The van der Waals surface area contributed by atoms with Crippen LogP contribution in [0.3, 0.4) is 0 Å². The number of hydrogen-bond donors (Lipinski definition) is 1. The summed E-state index contributed by atoms with van der Waals surface area (Å²) in [4.78, 5) is 12.0. The van der Waals surface area contributed by atoms with Gasteiger partial charge in [0.2, 0.25) is 0 Å². The Labute approximate surface area is 117 Å². The number of nitrogens with zero attached hydrogens (tertiary/aromatic N) is 2. The number of halogens is 2. The molecule has 0 aliphatic carbocycles. The molecular formula is C9H15Br2N3O3. The topological polar surface area (TPSA) is 79.5 Å². The number of likely N-dealkylation sites (N-methyl/N-ethyl adjacent to an activating group) is 1. The van der Waals surface area contributed by atoms with E-state index in [2.05, 4.69) is 31.9 Å². The van der Waals surface area contributed by atoms with Gasteiger partial charge in [-0.3, -0.25) is 15.5 Å². The number of ether oxygens (including phenoxy) is 1. The van der Waals surface area contributed by atoms with E-state index in [-0.39, 0.29) is 5.84 Å². The van der Waals surface area contributed by atoms with E-state index in [0.29, 0.717) is 25.6 Å². The summed E-state index contributed by atoms with van der Waals surface area (Å²) in [6.07, 6.45) is 0.944. The van der Waals surface area contributed by atoms with Crippen LogP contribution in [0.2, 0.25) is 0 Å². The van der Waals surface area contributed by atoms with Gasteiger partial charge >= 0.3 is 3.36 Å². The Morgan fingerprint density at radius 2 is 2.35 bits per heavy atom. The number of hydrogen-bond acceptors (Lipinski definition) is 4.